The first-order valence-corrected chi connectivity index (χ1v) is 38.6. The van der Waals surface area contributed by atoms with E-state index in [1.807, 2.05) is 97.1 Å². The van der Waals surface area contributed by atoms with Gasteiger partial charge in [-0.3, -0.25) is 0 Å². The molecule has 123 heavy (non-hydrogen) atoms. The summed E-state index contributed by atoms with van der Waals surface area (Å²) in [7, 11) is 0. The van der Waals surface area contributed by atoms with Crippen LogP contribution in [0.3, 0.4) is 0 Å². The van der Waals surface area contributed by atoms with Gasteiger partial charge in [0.1, 0.15) is 33.5 Å². The first kappa shape index (κ1) is 40.0. The Morgan fingerprint density at radius 1 is 0.138 bits per heavy atom. The van der Waals surface area contributed by atoms with Crippen LogP contribution in [0.25, 0.3) is 242 Å². The number of furan rings is 3. The van der Waals surface area contributed by atoms with E-state index in [1.165, 1.54) is 12.1 Å². The molecule has 0 aliphatic rings. The van der Waals surface area contributed by atoms with Crippen molar-refractivity contribution in [2.24, 2.45) is 0 Å². The molecule has 0 N–H and O–H groups in total. The maximum Gasteiger partial charge on any atom is 0.136 e. The second-order valence-corrected chi connectivity index (χ2v) is 28.6. The van der Waals surface area contributed by atoms with Gasteiger partial charge in [0.25, 0.3) is 0 Å². The molecular formula is C120H76O3. The van der Waals surface area contributed by atoms with Gasteiger partial charge in [-0.15, -0.1) is 0 Å². The fraction of sp³-hybridized carbons (Fsp3) is 0. The maximum atomic E-state index is 9.27. The average molecular weight is 1610 g/mol. The quantitative estimate of drug-likeness (QED) is 0.128. The number of benzene rings is 22. The van der Waals surface area contributed by atoms with Gasteiger partial charge < -0.3 is 13.3 Å². The van der Waals surface area contributed by atoms with Crippen LogP contribution in [0.15, 0.2) is 473 Å². The average Bonchev–Trinajstić information content (AvgIpc) is 1.56. The highest BCUT2D eigenvalue weighted by Crippen LogP contribution is 2.52. The minimum atomic E-state index is -0.768. The molecule has 574 valence electrons. The molecule has 25 rings (SSSR count). The fourth-order valence-corrected chi connectivity index (χ4v) is 16.6. The normalized spacial score (nSPS) is 16.6. The van der Waals surface area contributed by atoms with Crippen LogP contribution in [0.2, 0.25) is 0 Å². The van der Waals surface area contributed by atoms with E-state index in [0.717, 1.165) is 38.8 Å². The van der Waals surface area contributed by atoms with E-state index in [0.29, 0.717) is 60.4 Å². The van der Waals surface area contributed by atoms with Crippen molar-refractivity contribution in [2.75, 3.05) is 0 Å². The fourth-order valence-electron chi connectivity index (χ4n) is 16.6. The molecule has 0 fully saturated rings. The summed E-state index contributed by atoms with van der Waals surface area (Å²) in [6.45, 7) is 0. The van der Waals surface area contributed by atoms with E-state index in [9.17, 15) is 16.4 Å². The zero-order chi connectivity index (χ0) is 120. The molecule has 0 amide bonds. The van der Waals surface area contributed by atoms with Gasteiger partial charge >= 0.3 is 0 Å². The Kier molecular flexibility index (Phi) is 9.97. The van der Waals surface area contributed by atoms with Crippen LogP contribution >= 0.6 is 0 Å². The zero-order valence-corrected chi connectivity index (χ0v) is 63.7. The highest BCUT2D eigenvalue weighted by molar-refractivity contribution is 6.29. The summed E-state index contributed by atoms with van der Waals surface area (Å²) in [5.74, 6) is 0. The minimum Gasteiger partial charge on any atom is -0.456 e. The molecule has 3 heterocycles. The Morgan fingerprint density at radius 3 is 0.829 bits per heavy atom. The molecule has 0 bridgehead atoms. The Balaban J connectivity index is 0.000000134. The van der Waals surface area contributed by atoms with Crippen molar-refractivity contribution < 1.29 is 73.6 Å². The second kappa shape index (κ2) is 30.6. The topological polar surface area (TPSA) is 39.4 Å². The molecular weight excluding hydrogens is 1490 g/mol. The summed E-state index contributed by atoms with van der Waals surface area (Å²) in [5.41, 5.74) is 6.90. The summed E-state index contributed by atoms with van der Waals surface area (Å²) in [6, 6.07) is 30.3. The Bertz CT molecular complexity index is 10900. The van der Waals surface area contributed by atoms with Crippen LogP contribution in [-0.4, -0.2) is 0 Å². The smallest absolute Gasteiger partial charge is 0.136 e. The predicted molar refractivity (Wildman–Crippen MR) is 521 cm³/mol. The molecule has 3 nitrogen and oxygen atoms in total. The molecule has 0 atom stereocenters. The Hall–Kier alpha value is -16.2. The molecule has 3 heteroatoms. The van der Waals surface area contributed by atoms with Crippen molar-refractivity contribution in [3.8, 4) is 111 Å². The molecule has 0 aliphatic carbocycles. The van der Waals surface area contributed by atoms with Gasteiger partial charge in [0.15, 0.2) is 0 Å². The van der Waals surface area contributed by atoms with E-state index in [2.05, 4.69) is 24.3 Å². The first-order valence-electron chi connectivity index (χ1n) is 60.6. The molecule has 0 saturated heterocycles. The van der Waals surface area contributed by atoms with Gasteiger partial charge in [0.2, 0.25) is 0 Å². The van der Waals surface area contributed by atoms with Crippen molar-refractivity contribution in [1.82, 2.24) is 0 Å². The highest BCUT2D eigenvalue weighted by Gasteiger charge is 2.25. The molecule has 0 spiro atoms. The summed E-state index contributed by atoms with van der Waals surface area (Å²) in [6.07, 6.45) is 0. The van der Waals surface area contributed by atoms with Crippen LogP contribution in [0.4, 0.5) is 0 Å². The molecule has 0 unspecified atom stereocenters. The van der Waals surface area contributed by atoms with E-state index in [4.69, 9.17) is 57.1 Å². The van der Waals surface area contributed by atoms with Crippen molar-refractivity contribution >= 4 is 130 Å². The third kappa shape index (κ3) is 12.7. The number of rotatable bonds is 10. The second-order valence-electron chi connectivity index (χ2n) is 28.6. The molecule has 0 aliphatic heterocycles. The van der Waals surface area contributed by atoms with E-state index in [-0.39, 0.29) is 120 Å². The lowest BCUT2D eigenvalue weighted by Crippen LogP contribution is -1.91. The summed E-state index contributed by atoms with van der Waals surface area (Å²) in [5, 5.41) is 0.468. The van der Waals surface area contributed by atoms with Crippen LogP contribution in [0, 0.1) is 0 Å². The van der Waals surface area contributed by atoms with Crippen LogP contribution in [0.5, 0.6) is 0 Å². The molecule has 3 aromatic heterocycles. The predicted octanol–water partition coefficient (Wildman–Crippen LogP) is 34.3. The van der Waals surface area contributed by atoms with Gasteiger partial charge in [-0.05, 0) is 237 Å². The van der Waals surface area contributed by atoms with Crippen molar-refractivity contribution in [3.63, 3.8) is 0 Å². The third-order valence-electron chi connectivity index (χ3n) is 21.9. The minimum absolute atomic E-state index is 0.0542. The number of hydrogen-bond acceptors (Lipinski definition) is 3. The van der Waals surface area contributed by atoms with Gasteiger partial charge in [0.05, 0.1) is 60.3 Å². The SMILES string of the molecule is [2H]c1c([2H])c([2H])c(-c2c3c([2H])c([2H])c([2H])c([2H])c3c(-c3ccc4oc5cc(-c6ccc(-c7ccccc7)cc6)ccc5c4c3)c3c([2H])c([2H])c([2H])c([2H])c23)c([2H])c1[2H].[2H]c1c([2H])c([2H])c(-c2c3c([2H])c([2H])c([2H])c([2H])c3c(-c3cccc4oc5ccc(-c6ccccc6)cc5c34)c3c([2H])c([2H])c([2H])c([2H])c23)c([2H])c1[2H].[2H]c1c([2H])c([2H])c(-c2ccc3c(c2)oc2cccc(-c4c5c([2H])c([2H])c([2H])c([2H])c5c(-c5c([2H])c([2H])c([2H])c([2H])c5[2H])c5c([2H])c([2H])c([2H])c([2H])c45)c23)c([2H])c1[2H]. The number of hydrogen-bond donors (Lipinski definition) is 0. The molecule has 0 radical (unpaired) electrons. The van der Waals surface area contributed by atoms with Gasteiger partial charge in [-0.2, -0.15) is 0 Å². The zero-order valence-electron chi connectivity index (χ0n) is 108. The van der Waals surface area contributed by atoms with E-state index in [1.54, 1.807) is 60.7 Å². The standard InChI is InChI=1S/C44H28O.2C38H24O/c1-3-11-29(12-4-1)30-19-21-31(22-20-30)33-23-25-35-40-27-34(24-26-41(40)45-42(35)28-33)44-38-17-9-7-15-36(38)43(32-13-5-2-6-14-32)37-16-8-10-18-39(37)44;1-3-12-25(13-4-1)27-22-23-32-35(24-27)39-34-21-11-20-33(38(32)34)37-30-18-9-7-16-28(30)36(26-14-5-2-6-15-26)29-17-8-10-19-31(29)37;1-3-12-25(13-4-1)27-22-23-34-33(24-27)38-32(20-11-21-35(38)39-34)37-30-18-9-7-16-28(30)36(26-14-5-2-6-15-26)29-17-8-10-19-31(29)37/h1-28H;2*1-24H/i2D,5D,6D,7D,8D,9D,10D,13D,14D,15D,16D,17D,18D;1D,2D,3D,4D,5D,6D,7D,8D,9D,10D,12D,13D,14D,15D,16D,17D,18D,19D;2D,5D,6D,7D,8D,9D,10D,14D,15D,16D,17D,18D,19D. The lowest BCUT2D eigenvalue weighted by molar-refractivity contribution is 0.668. The number of fused-ring (bicyclic) bond motifs is 15. The van der Waals surface area contributed by atoms with E-state index < -0.39 is 288 Å². The maximum absolute atomic E-state index is 9.27. The first-order chi connectivity index (χ1) is 79.3. The van der Waals surface area contributed by atoms with Crippen LogP contribution in [-0.2, 0) is 0 Å². The van der Waals surface area contributed by atoms with Crippen LogP contribution in [0.1, 0.15) is 60.3 Å². The lowest BCUT2D eigenvalue weighted by Gasteiger charge is -2.18. The van der Waals surface area contributed by atoms with Crippen molar-refractivity contribution in [2.45, 2.75) is 0 Å². The molecule has 25 aromatic rings. The molecule has 0 saturated carbocycles. The highest BCUT2D eigenvalue weighted by atomic mass is 16.3. The summed E-state index contributed by atoms with van der Waals surface area (Å²) in [4.78, 5) is 0. The lowest BCUT2D eigenvalue weighted by atomic mass is 9.85. The van der Waals surface area contributed by atoms with Gasteiger partial charge in [-0.1, -0.05) is 399 Å². The van der Waals surface area contributed by atoms with Crippen molar-refractivity contribution in [1.29, 1.82) is 0 Å². The summed E-state index contributed by atoms with van der Waals surface area (Å²) < 4.78 is 403. The van der Waals surface area contributed by atoms with Gasteiger partial charge in [0, 0.05) is 32.3 Å². The monoisotopic (exact) mass is 1610 g/mol. The largest absolute Gasteiger partial charge is 0.456 e. The Morgan fingerprint density at radius 2 is 0.407 bits per heavy atom. The van der Waals surface area contributed by atoms with Crippen LogP contribution < -0.4 is 0 Å². The molecule has 22 aromatic carbocycles. The van der Waals surface area contributed by atoms with Gasteiger partial charge in [-0.25, -0.2) is 0 Å². The Labute approximate surface area is 773 Å². The van der Waals surface area contributed by atoms with E-state index >= 15 is 0 Å². The third-order valence-corrected chi connectivity index (χ3v) is 21.9. The van der Waals surface area contributed by atoms with Crippen molar-refractivity contribution in [3.05, 3.63) is 460 Å². The summed E-state index contributed by atoms with van der Waals surface area (Å²) >= 11 is 0.